The average molecular weight is 372 g/mol. The molecule has 0 aromatic heterocycles. The first-order valence-corrected chi connectivity index (χ1v) is 9.29. The summed E-state index contributed by atoms with van der Waals surface area (Å²) >= 11 is 0. The van der Waals surface area contributed by atoms with Crippen LogP contribution in [0.3, 0.4) is 0 Å². The molecular weight excluding hydrogens is 344 g/mol. The van der Waals surface area contributed by atoms with Crippen molar-refractivity contribution < 1.29 is 24.5 Å². The van der Waals surface area contributed by atoms with Crippen molar-refractivity contribution in [2.24, 2.45) is 5.92 Å². The molecule has 0 fully saturated rings. The van der Waals surface area contributed by atoms with Crippen LogP contribution in [0.1, 0.15) is 49.0 Å². The van der Waals surface area contributed by atoms with Crippen LogP contribution in [0.25, 0.3) is 0 Å². The molecule has 0 bridgehead atoms. The summed E-state index contributed by atoms with van der Waals surface area (Å²) in [5, 5.41) is 19.7. The van der Waals surface area contributed by atoms with E-state index in [2.05, 4.69) is 0 Å². The maximum Gasteiger partial charge on any atom is 0.166 e. The smallest absolute Gasteiger partial charge is 0.166 e. The lowest BCUT2D eigenvalue weighted by Gasteiger charge is -2.13. The maximum atomic E-state index is 12.2. The Labute approximate surface area is 160 Å². The molecule has 2 N–H and O–H groups in total. The third-order valence-electron chi connectivity index (χ3n) is 4.16. The number of aromatic hydroxyl groups is 2. The van der Waals surface area contributed by atoms with Crippen LogP contribution < -0.4 is 9.47 Å². The van der Waals surface area contributed by atoms with Gasteiger partial charge in [0, 0.05) is 18.1 Å². The minimum absolute atomic E-state index is 0.00497. The van der Waals surface area contributed by atoms with Crippen LogP contribution in [0.15, 0.2) is 36.4 Å². The summed E-state index contributed by atoms with van der Waals surface area (Å²) in [7, 11) is 0. The number of benzene rings is 2. The van der Waals surface area contributed by atoms with E-state index in [1.807, 2.05) is 13.8 Å². The Kier molecular flexibility index (Phi) is 7.53. The van der Waals surface area contributed by atoms with Gasteiger partial charge in [-0.2, -0.15) is 0 Å². The molecule has 2 aromatic carbocycles. The van der Waals surface area contributed by atoms with Crippen LogP contribution in [-0.2, 0) is 0 Å². The van der Waals surface area contributed by atoms with Crippen molar-refractivity contribution in [2.75, 3.05) is 13.2 Å². The first-order chi connectivity index (χ1) is 12.9. The minimum atomic E-state index is -0.0544. The highest BCUT2D eigenvalue weighted by atomic mass is 16.5. The standard InChI is InChI=1S/C22H28O5/c1-15(2)13-20(24)19-9-10-21(16(3)22(19)25)27-12-5-4-11-26-18-8-6-7-17(23)14-18/h6-10,14-15,23,25H,4-5,11-13H2,1-3H3. The Morgan fingerprint density at radius 3 is 2.41 bits per heavy atom. The van der Waals surface area contributed by atoms with E-state index in [9.17, 15) is 15.0 Å². The summed E-state index contributed by atoms with van der Waals surface area (Å²) in [4.78, 5) is 12.2. The van der Waals surface area contributed by atoms with E-state index in [1.165, 1.54) is 0 Å². The van der Waals surface area contributed by atoms with Crippen LogP contribution in [0.5, 0.6) is 23.0 Å². The van der Waals surface area contributed by atoms with Crippen LogP contribution >= 0.6 is 0 Å². The number of ketones is 1. The van der Waals surface area contributed by atoms with E-state index in [-0.39, 0.29) is 23.2 Å². The molecule has 0 aliphatic carbocycles. The van der Waals surface area contributed by atoms with E-state index in [0.717, 1.165) is 12.8 Å². The summed E-state index contributed by atoms with van der Waals surface area (Å²) in [5.74, 6) is 1.60. The first kappa shape index (κ1) is 20.6. The fourth-order valence-electron chi connectivity index (χ4n) is 2.69. The van der Waals surface area contributed by atoms with Gasteiger partial charge < -0.3 is 19.7 Å². The molecule has 0 aliphatic heterocycles. The molecule has 5 nitrogen and oxygen atoms in total. The van der Waals surface area contributed by atoms with Crippen molar-refractivity contribution in [3.63, 3.8) is 0 Å². The van der Waals surface area contributed by atoms with Crippen molar-refractivity contribution in [2.45, 2.75) is 40.0 Å². The molecule has 0 spiro atoms. The van der Waals surface area contributed by atoms with Crippen LogP contribution in [0.4, 0.5) is 0 Å². The van der Waals surface area contributed by atoms with Crippen LogP contribution in [-0.4, -0.2) is 29.2 Å². The maximum absolute atomic E-state index is 12.2. The quantitative estimate of drug-likeness (QED) is 0.459. The fourth-order valence-corrected chi connectivity index (χ4v) is 2.69. The highest BCUT2D eigenvalue weighted by Crippen LogP contribution is 2.32. The first-order valence-electron chi connectivity index (χ1n) is 9.29. The molecule has 5 heteroatoms. The molecule has 2 rings (SSSR count). The van der Waals surface area contributed by atoms with Gasteiger partial charge in [0.2, 0.25) is 0 Å². The molecule has 146 valence electrons. The van der Waals surface area contributed by atoms with Crippen molar-refractivity contribution in [1.29, 1.82) is 0 Å². The summed E-state index contributed by atoms with van der Waals surface area (Å²) < 4.78 is 11.3. The topological polar surface area (TPSA) is 76.0 Å². The number of phenolic OH excluding ortho intramolecular Hbond substituents is 2. The van der Waals surface area contributed by atoms with Gasteiger partial charge in [0.05, 0.1) is 18.8 Å². The average Bonchev–Trinajstić information content (AvgIpc) is 2.60. The lowest BCUT2D eigenvalue weighted by molar-refractivity contribution is 0.0965. The monoisotopic (exact) mass is 372 g/mol. The van der Waals surface area contributed by atoms with Gasteiger partial charge in [-0.1, -0.05) is 19.9 Å². The van der Waals surface area contributed by atoms with Gasteiger partial charge in [-0.25, -0.2) is 0 Å². The zero-order valence-corrected chi connectivity index (χ0v) is 16.2. The molecule has 0 atom stereocenters. The van der Waals surface area contributed by atoms with Gasteiger partial charge >= 0.3 is 0 Å². The Hall–Kier alpha value is -2.69. The minimum Gasteiger partial charge on any atom is -0.508 e. The number of Topliss-reactive ketones (excluding diaryl/α,β-unsaturated/α-hetero) is 1. The summed E-state index contributed by atoms with van der Waals surface area (Å²) in [6, 6.07) is 10.1. The third kappa shape index (κ3) is 6.20. The largest absolute Gasteiger partial charge is 0.508 e. The lowest BCUT2D eigenvalue weighted by Crippen LogP contribution is -2.06. The molecule has 2 aromatic rings. The second-order valence-electron chi connectivity index (χ2n) is 7.01. The number of phenols is 2. The number of hydrogen-bond acceptors (Lipinski definition) is 5. The van der Waals surface area contributed by atoms with E-state index in [4.69, 9.17) is 9.47 Å². The number of unbranched alkanes of at least 4 members (excludes halogenated alkanes) is 1. The van der Waals surface area contributed by atoms with Gasteiger partial charge in [-0.15, -0.1) is 0 Å². The van der Waals surface area contributed by atoms with Crippen LogP contribution in [0, 0.1) is 12.8 Å². The predicted molar refractivity (Wildman–Crippen MR) is 105 cm³/mol. The molecule has 0 saturated carbocycles. The Morgan fingerprint density at radius 2 is 1.74 bits per heavy atom. The van der Waals surface area contributed by atoms with Crippen molar-refractivity contribution >= 4 is 5.78 Å². The summed E-state index contributed by atoms with van der Waals surface area (Å²) in [6.07, 6.45) is 1.99. The molecule has 0 saturated heterocycles. The van der Waals surface area contributed by atoms with E-state index in [1.54, 1.807) is 43.3 Å². The number of ether oxygens (including phenoxy) is 2. The van der Waals surface area contributed by atoms with Crippen molar-refractivity contribution in [1.82, 2.24) is 0 Å². The Balaban J connectivity index is 1.79. The Morgan fingerprint density at radius 1 is 1.04 bits per heavy atom. The molecular formula is C22H28O5. The molecule has 0 heterocycles. The Bertz CT molecular complexity index is 767. The summed E-state index contributed by atoms with van der Waals surface area (Å²) in [6.45, 7) is 6.72. The van der Waals surface area contributed by atoms with Gasteiger partial charge in [-0.05, 0) is 49.9 Å². The van der Waals surface area contributed by atoms with Gasteiger partial charge in [0.15, 0.2) is 5.78 Å². The lowest BCUT2D eigenvalue weighted by atomic mass is 9.98. The SMILES string of the molecule is Cc1c(OCCCCOc2cccc(O)c2)ccc(C(=O)CC(C)C)c1O. The van der Waals surface area contributed by atoms with Crippen molar-refractivity contribution in [3.8, 4) is 23.0 Å². The molecule has 0 unspecified atom stereocenters. The predicted octanol–water partition coefficient (Wildman–Crippen LogP) is 4.87. The second-order valence-corrected chi connectivity index (χ2v) is 7.01. The number of rotatable bonds is 10. The molecule has 0 amide bonds. The fraction of sp³-hybridized carbons (Fsp3) is 0.409. The number of hydrogen-bond donors (Lipinski definition) is 2. The van der Waals surface area contributed by atoms with E-state index >= 15 is 0 Å². The zero-order chi connectivity index (χ0) is 19.8. The number of carbonyl (C=O) groups excluding carboxylic acids is 1. The zero-order valence-electron chi connectivity index (χ0n) is 16.2. The van der Waals surface area contributed by atoms with Crippen molar-refractivity contribution in [3.05, 3.63) is 47.5 Å². The van der Waals surface area contributed by atoms with Gasteiger partial charge in [0.1, 0.15) is 23.0 Å². The highest BCUT2D eigenvalue weighted by Gasteiger charge is 2.16. The molecule has 27 heavy (non-hydrogen) atoms. The summed E-state index contributed by atoms with van der Waals surface area (Å²) in [5.41, 5.74) is 0.939. The van der Waals surface area contributed by atoms with E-state index in [0.29, 0.717) is 42.3 Å². The highest BCUT2D eigenvalue weighted by molar-refractivity contribution is 5.99. The number of carbonyl (C=O) groups is 1. The molecule has 0 radical (unpaired) electrons. The van der Waals surface area contributed by atoms with Gasteiger partial charge in [-0.3, -0.25) is 4.79 Å². The van der Waals surface area contributed by atoms with Crippen LogP contribution in [0.2, 0.25) is 0 Å². The molecule has 0 aliphatic rings. The second kappa shape index (κ2) is 9.86. The normalized spacial score (nSPS) is 10.8. The van der Waals surface area contributed by atoms with E-state index < -0.39 is 0 Å². The third-order valence-corrected chi connectivity index (χ3v) is 4.16. The van der Waals surface area contributed by atoms with Gasteiger partial charge in [0.25, 0.3) is 0 Å².